The molecule has 0 aromatic carbocycles. The van der Waals surface area contributed by atoms with Gasteiger partial charge in [-0.05, 0) is 31.9 Å². The van der Waals surface area contributed by atoms with E-state index in [9.17, 15) is 0 Å². The first-order chi connectivity index (χ1) is 7.77. The summed E-state index contributed by atoms with van der Waals surface area (Å²) in [6, 6.07) is 0. The van der Waals surface area contributed by atoms with Crippen molar-refractivity contribution >= 4 is 12.6 Å². The molecule has 0 atom stereocenters. The fourth-order valence-electron chi connectivity index (χ4n) is 1.95. The fourth-order valence-corrected chi connectivity index (χ4v) is 2.18. The smallest absolute Gasteiger partial charge is 0.00979 e. The molecule has 0 N–H and O–H groups in total. The Morgan fingerprint density at radius 2 is 1.12 bits per heavy atom. The molecule has 96 valence electrons. The average Bonchev–Trinajstić information content (AvgIpc) is 2.25. The molecule has 0 rings (SSSR count). The highest BCUT2D eigenvalue weighted by Gasteiger charge is 1.93. The second-order valence-electron chi connectivity index (χ2n) is 4.97. The maximum atomic E-state index is 4.22. The highest BCUT2D eigenvalue weighted by Crippen LogP contribution is 2.12. The van der Waals surface area contributed by atoms with E-state index in [1.165, 1.54) is 76.2 Å². The third-order valence-corrected chi connectivity index (χ3v) is 3.33. The summed E-state index contributed by atoms with van der Waals surface area (Å²) in [4.78, 5) is 0. The molecular formula is C15H30S. The molecule has 0 aromatic rings. The third-order valence-electron chi connectivity index (χ3n) is 3.01. The van der Waals surface area contributed by atoms with Gasteiger partial charge in [-0.15, -0.1) is 6.58 Å². The van der Waals surface area contributed by atoms with Crippen LogP contribution in [0.1, 0.15) is 77.6 Å². The molecule has 0 aliphatic heterocycles. The highest BCUT2D eigenvalue weighted by atomic mass is 32.1. The van der Waals surface area contributed by atoms with Crippen LogP contribution in [0, 0.1) is 0 Å². The van der Waals surface area contributed by atoms with E-state index in [-0.39, 0.29) is 0 Å². The molecule has 0 saturated carbocycles. The van der Waals surface area contributed by atoms with Crippen LogP contribution in [0.5, 0.6) is 0 Å². The fraction of sp³-hybridized carbons (Fsp3) is 0.867. The average molecular weight is 242 g/mol. The van der Waals surface area contributed by atoms with E-state index in [1.807, 2.05) is 0 Å². The second kappa shape index (κ2) is 13.2. The van der Waals surface area contributed by atoms with Crippen molar-refractivity contribution in [2.75, 3.05) is 5.75 Å². The Balaban J connectivity index is 2.90. The lowest BCUT2D eigenvalue weighted by molar-refractivity contribution is 0.557. The van der Waals surface area contributed by atoms with Gasteiger partial charge in [-0.25, -0.2) is 0 Å². The van der Waals surface area contributed by atoms with E-state index in [0.717, 1.165) is 5.75 Å². The molecule has 0 nitrogen and oxygen atoms in total. The summed E-state index contributed by atoms with van der Waals surface area (Å²) >= 11 is 4.22. The van der Waals surface area contributed by atoms with E-state index < -0.39 is 0 Å². The van der Waals surface area contributed by atoms with Gasteiger partial charge in [-0.2, -0.15) is 12.6 Å². The van der Waals surface area contributed by atoms with Gasteiger partial charge in [0.1, 0.15) is 0 Å². The maximum absolute atomic E-state index is 4.22. The highest BCUT2D eigenvalue weighted by molar-refractivity contribution is 7.80. The van der Waals surface area contributed by atoms with Crippen molar-refractivity contribution in [3.05, 3.63) is 12.2 Å². The van der Waals surface area contributed by atoms with E-state index in [4.69, 9.17) is 0 Å². The lowest BCUT2D eigenvalue weighted by Crippen LogP contribution is -1.83. The van der Waals surface area contributed by atoms with Gasteiger partial charge < -0.3 is 0 Å². The summed E-state index contributed by atoms with van der Waals surface area (Å²) in [6.07, 6.45) is 15.2. The molecule has 0 radical (unpaired) electrons. The first kappa shape index (κ1) is 16.1. The summed E-state index contributed by atoms with van der Waals surface area (Å²) in [7, 11) is 0. The van der Waals surface area contributed by atoms with Crippen molar-refractivity contribution in [1.82, 2.24) is 0 Å². The molecular weight excluding hydrogens is 212 g/mol. The van der Waals surface area contributed by atoms with Crippen LogP contribution < -0.4 is 0 Å². The number of thiol groups is 1. The monoisotopic (exact) mass is 242 g/mol. The number of hydrogen-bond acceptors (Lipinski definition) is 1. The molecule has 0 heterocycles. The van der Waals surface area contributed by atoms with Crippen LogP contribution >= 0.6 is 12.6 Å². The van der Waals surface area contributed by atoms with E-state index in [1.54, 1.807) is 0 Å². The van der Waals surface area contributed by atoms with Crippen molar-refractivity contribution < 1.29 is 0 Å². The summed E-state index contributed by atoms with van der Waals surface area (Å²) in [5.41, 5.74) is 1.34. The van der Waals surface area contributed by atoms with E-state index >= 15 is 0 Å². The van der Waals surface area contributed by atoms with Gasteiger partial charge >= 0.3 is 0 Å². The van der Waals surface area contributed by atoms with Crippen LogP contribution in [0.25, 0.3) is 0 Å². The summed E-state index contributed by atoms with van der Waals surface area (Å²) in [5.74, 6) is 1.06. The zero-order valence-corrected chi connectivity index (χ0v) is 12.0. The molecule has 0 aliphatic carbocycles. The normalized spacial score (nSPS) is 10.6. The second-order valence-corrected chi connectivity index (χ2v) is 5.41. The molecule has 1 heteroatoms. The van der Waals surface area contributed by atoms with Gasteiger partial charge in [0.05, 0.1) is 0 Å². The van der Waals surface area contributed by atoms with Crippen LogP contribution in [0.15, 0.2) is 12.2 Å². The predicted molar refractivity (Wildman–Crippen MR) is 79.5 cm³/mol. The quantitative estimate of drug-likeness (QED) is 0.250. The number of allylic oxidation sites excluding steroid dienone is 1. The molecule has 0 bridgehead atoms. The zero-order valence-electron chi connectivity index (χ0n) is 11.1. The SMILES string of the molecule is C=C(C)CCCCCCCCCCCCS. The zero-order chi connectivity index (χ0) is 12.1. The lowest BCUT2D eigenvalue weighted by atomic mass is 10.0. The molecule has 0 fully saturated rings. The van der Waals surface area contributed by atoms with Crippen LogP contribution in [0.2, 0.25) is 0 Å². The Labute approximate surface area is 108 Å². The molecule has 0 saturated heterocycles. The Kier molecular flexibility index (Phi) is 13.2. The molecule has 0 aromatic heterocycles. The minimum absolute atomic E-state index is 1.06. The van der Waals surface area contributed by atoms with Crippen molar-refractivity contribution in [3.8, 4) is 0 Å². The third kappa shape index (κ3) is 14.1. The number of unbranched alkanes of at least 4 members (excludes halogenated alkanes) is 9. The van der Waals surface area contributed by atoms with Crippen LogP contribution in [-0.2, 0) is 0 Å². The van der Waals surface area contributed by atoms with Gasteiger partial charge in [0.2, 0.25) is 0 Å². The van der Waals surface area contributed by atoms with Crippen LogP contribution in [0.3, 0.4) is 0 Å². The Bertz CT molecular complexity index is 152. The molecule has 16 heavy (non-hydrogen) atoms. The minimum atomic E-state index is 1.06. The van der Waals surface area contributed by atoms with Gasteiger partial charge in [0.25, 0.3) is 0 Å². The van der Waals surface area contributed by atoms with Crippen LogP contribution in [-0.4, -0.2) is 5.75 Å². The predicted octanol–water partition coefficient (Wildman–Crippen LogP) is 5.78. The van der Waals surface area contributed by atoms with Crippen molar-refractivity contribution in [1.29, 1.82) is 0 Å². The minimum Gasteiger partial charge on any atom is -0.179 e. The first-order valence-electron chi connectivity index (χ1n) is 7.02. The Morgan fingerprint density at radius 3 is 1.50 bits per heavy atom. The van der Waals surface area contributed by atoms with Gasteiger partial charge in [-0.3, -0.25) is 0 Å². The van der Waals surface area contributed by atoms with E-state index in [0.29, 0.717) is 0 Å². The summed E-state index contributed by atoms with van der Waals surface area (Å²) < 4.78 is 0. The molecule has 0 amide bonds. The largest absolute Gasteiger partial charge is 0.179 e. The topological polar surface area (TPSA) is 0 Å². The lowest BCUT2D eigenvalue weighted by Gasteiger charge is -2.02. The Hall–Kier alpha value is 0.0900. The first-order valence-corrected chi connectivity index (χ1v) is 7.66. The summed E-state index contributed by atoms with van der Waals surface area (Å²) in [5, 5.41) is 0. The van der Waals surface area contributed by atoms with Crippen molar-refractivity contribution in [2.45, 2.75) is 77.6 Å². The molecule has 0 aliphatic rings. The number of hydrogen-bond donors (Lipinski definition) is 1. The molecule has 0 spiro atoms. The van der Waals surface area contributed by atoms with Gasteiger partial charge in [0, 0.05) is 0 Å². The number of rotatable bonds is 12. The van der Waals surface area contributed by atoms with Gasteiger partial charge in [-0.1, -0.05) is 56.9 Å². The van der Waals surface area contributed by atoms with Gasteiger partial charge in [0.15, 0.2) is 0 Å². The van der Waals surface area contributed by atoms with E-state index in [2.05, 4.69) is 26.1 Å². The standard InChI is InChI=1S/C15H30S/c1-15(2)13-11-9-7-5-3-4-6-8-10-12-14-16/h16H,1,3-14H2,2H3. The van der Waals surface area contributed by atoms with Crippen LogP contribution in [0.4, 0.5) is 0 Å². The summed E-state index contributed by atoms with van der Waals surface area (Å²) in [6.45, 7) is 6.06. The van der Waals surface area contributed by atoms with Crippen molar-refractivity contribution in [3.63, 3.8) is 0 Å². The van der Waals surface area contributed by atoms with Crippen molar-refractivity contribution in [2.24, 2.45) is 0 Å². The maximum Gasteiger partial charge on any atom is -0.00979 e. The Morgan fingerprint density at radius 1 is 0.750 bits per heavy atom. The molecule has 0 unspecified atom stereocenters.